The Kier molecular flexibility index (Phi) is 7.49. The van der Waals surface area contributed by atoms with Crippen LogP contribution in [-0.2, 0) is 11.3 Å². The maximum atomic E-state index is 13.0. The van der Waals surface area contributed by atoms with Crippen LogP contribution in [0.4, 0.5) is 0 Å². The molecular formula is C33H24ClN3O. The summed E-state index contributed by atoms with van der Waals surface area (Å²) in [6.45, 7) is 0.339. The number of halogens is 1. The number of hydrogen-bond acceptors (Lipinski definition) is 2. The second-order valence-corrected chi connectivity index (χ2v) is 9.15. The first-order valence-corrected chi connectivity index (χ1v) is 12.6. The van der Waals surface area contributed by atoms with Crippen LogP contribution in [0.5, 0.6) is 0 Å². The predicted octanol–water partition coefficient (Wildman–Crippen LogP) is 7.69. The van der Waals surface area contributed by atoms with Gasteiger partial charge < -0.3 is 9.88 Å². The third-order valence-electron chi connectivity index (χ3n) is 6.19. The molecule has 4 aromatic carbocycles. The number of nitrogens with zero attached hydrogens (tertiary/aromatic N) is 2. The van der Waals surface area contributed by atoms with Gasteiger partial charge in [-0.1, -0.05) is 103 Å². The van der Waals surface area contributed by atoms with Crippen molar-refractivity contribution < 1.29 is 4.79 Å². The van der Waals surface area contributed by atoms with E-state index in [9.17, 15) is 10.1 Å². The number of nitriles is 1. The standard InChI is InChI=1S/C33H24ClN3O/c34-29-16-18-30(19-17-29)37-31(25-12-6-2-7-13-25)21-27(32(37)26-14-8-3-9-15-26)20-28(22-35)33(38)36-23-24-10-4-1-5-11-24/h1-21H,23H2,(H,36,38)/b28-20+. The Morgan fingerprint density at radius 3 is 2.00 bits per heavy atom. The third kappa shape index (κ3) is 5.44. The fourth-order valence-corrected chi connectivity index (χ4v) is 4.51. The van der Waals surface area contributed by atoms with E-state index >= 15 is 0 Å². The van der Waals surface area contributed by atoms with Crippen LogP contribution >= 0.6 is 11.6 Å². The molecule has 0 aliphatic rings. The van der Waals surface area contributed by atoms with Crippen LogP contribution in [0, 0.1) is 11.3 Å². The lowest BCUT2D eigenvalue weighted by molar-refractivity contribution is -0.117. The fraction of sp³-hybridized carbons (Fsp3) is 0.0303. The molecule has 1 amide bonds. The van der Waals surface area contributed by atoms with Crippen LogP contribution < -0.4 is 5.32 Å². The average Bonchev–Trinajstić information content (AvgIpc) is 3.35. The van der Waals surface area contributed by atoms with Gasteiger partial charge in [-0.2, -0.15) is 5.26 Å². The molecule has 0 aliphatic carbocycles. The molecule has 1 N–H and O–H groups in total. The second kappa shape index (κ2) is 11.5. The van der Waals surface area contributed by atoms with Crippen LogP contribution in [0.3, 0.4) is 0 Å². The molecule has 0 saturated heterocycles. The lowest BCUT2D eigenvalue weighted by Gasteiger charge is -2.15. The number of benzene rings is 4. The van der Waals surface area contributed by atoms with E-state index in [0.717, 1.165) is 39.3 Å². The summed E-state index contributed by atoms with van der Waals surface area (Å²) in [5, 5.41) is 13.5. The van der Waals surface area contributed by atoms with Crippen molar-refractivity contribution in [3.05, 3.63) is 143 Å². The molecule has 184 valence electrons. The highest BCUT2D eigenvalue weighted by molar-refractivity contribution is 6.30. The van der Waals surface area contributed by atoms with Crippen LogP contribution in [0.25, 0.3) is 34.3 Å². The second-order valence-electron chi connectivity index (χ2n) is 8.72. The van der Waals surface area contributed by atoms with Crippen molar-refractivity contribution in [2.75, 3.05) is 0 Å². The van der Waals surface area contributed by atoms with E-state index in [4.69, 9.17) is 11.6 Å². The summed E-state index contributed by atoms with van der Waals surface area (Å²) in [5.74, 6) is -0.420. The Labute approximate surface area is 227 Å². The largest absolute Gasteiger partial charge is 0.347 e. The molecule has 1 aromatic heterocycles. The molecule has 5 aromatic rings. The van der Waals surface area contributed by atoms with Crippen molar-refractivity contribution in [2.45, 2.75) is 6.54 Å². The van der Waals surface area contributed by atoms with Gasteiger partial charge in [-0.15, -0.1) is 0 Å². The van der Waals surface area contributed by atoms with E-state index < -0.39 is 5.91 Å². The van der Waals surface area contributed by atoms with E-state index in [1.165, 1.54) is 0 Å². The quantitative estimate of drug-likeness (QED) is 0.179. The zero-order valence-corrected chi connectivity index (χ0v) is 21.3. The third-order valence-corrected chi connectivity index (χ3v) is 6.44. The Balaban J connectivity index is 1.67. The lowest BCUT2D eigenvalue weighted by Crippen LogP contribution is -2.23. The Morgan fingerprint density at radius 2 is 1.39 bits per heavy atom. The molecule has 0 fully saturated rings. The van der Waals surface area contributed by atoms with Gasteiger partial charge in [0, 0.05) is 22.8 Å². The van der Waals surface area contributed by atoms with Crippen LogP contribution in [0.1, 0.15) is 11.1 Å². The van der Waals surface area contributed by atoms with Crippen LogP contribution in [0.2, 0.25) is 5.02 Å². The predicted molar refractivity (Wildman–Crippen MR) is 154 cm³/mol. The minimum absolute atomic E-state index is 0.0333. The van der Waals surface area contributed by atoms with Gasteiger partial charge in [0.1, 0.15) is 11.6 Å². The van der Waals surface area contributed by atoms with Crippen molar-refractivity contribution in [3.8, 4) is 34.3 Å². The number of aromatic nitrogens is 1. The molecule has 0 unspecified atom stereocenters. The molecule has 0 atom stereocenters. The van der Waals surface area contributed by atoms with Gasteiger partial charge in [0.05, 0.1) is 11.4 Å². The van der Waals surface area contributed by atoms with Gasteiger partial charge in [0.15, 0.2) is 0 Å². The van der Waals surface area contributed by atoms with Gasteiger partial charge in [-0.05, 0) is 53.1 Å². The molecule has 0 bridgehead atoms. The Hall–Kier alpha value is -4.85. The first-order chi connectivity index (χ1) is 18.6. The van der Waals surface area contributed by atoms with Gasteiger partial charge in [0.2, 0.25) is 0 Å². The van der Waals surface area contributed by atoms with Crippen molar-refractivity contribution >= 4 is 23.6 Å². The van der Waals surface area contributed by atoms with E-state index in [1.54, 1.807) is 6.08 Å². The summed E-state index contributed by atoms with van der Waals surface area (Å²) in [7, 11) is 0. The van der Waals surface area contributed by atoms with Gasteiger partial charge in [0.25, 0.3) is 5.91 Å². The Morgan fingerprint density at radius 1 is 0.816 bits per heavy atom. The highest BCUT2D eigenvalue weighted by atomic mass is 35.5. The zero-order valence-electron chi connectivity index (χ0n) is 20.5. The topological polar surface area (TPSA) is 57.8 Å². The molecule has 1 heterocycles. The van der Waals surface area contributed by atoms with E-state index in [2.05, 4.69) is 16.0 Å². The minimum Gasteiger partial charge on any atom is -0.347 e. The first-order valence-electron chi connectivity index (χ1n) is 12.2. The number of carbonyl (C=O) groups is 1. The highest BCUT2D eigenvalue weighted by Crippen LogP contribution is 2.37. The summed E-state index contributed by atoms with van der Waals surface area (Å²) in [5.41, 5.74) is 6.43. The van der Waals surface area contributed by atoms with Gasteiger partial charge >= 0.3 is 0 Å². The SMILES string of the molecule is N#C/C(=C\c1cc(-c2ccccc2)n(-c2ccc(Cl)cc2)c1-c1ccccc1)C(=O)NCc1ccccc1. The summed E-state index contributed by atoms with van der Waals surface area (Å²) in [6, 6.07) is 41.4. The van der Waals surface area contributed by atoms with Crippen molar-refractivity contribution in [1.29, 1.82) is 5.26 Å². The fourth-order valence-electron chi connectivity index (χ4n) is 4.39. The summed E-state index contributed by atoms with van der Waals surface area (Å²) < 4.78 is 2.14. The maximum Gasteiger partial charge on any atom is 0.262 e. The molecule has 0 aliphatic heterocycles. The van der Waals surface area contributed by atoms with Crippen molar-refractivity contribution in [3.63, 3.8) is 0 Å². The molecule has 0 saturated carbocycles. The van der Waals surface area contributed by atoms with Gasteiger partial charge in [-0.3, -0.25) is 4.79 Å². The van der Waals surface area contributed by atoms with Gasteiger partial charge in [-0.25, -0.2) is 0 Å². The number of carbonyl (C=O) groups excluding carboxylic acids is 1. The van der Waals surface area contributed by atoms with E-state index in [0.29, 0.717) is 11.6 Å². The van der Waals surface area contributed by atoms with Crippen LogP contribution in [0.15, 0.2) is 127 Å². The molecule has 4 nitrogen and oxygen atoms in total. The molecule has 0 spiro atoms. The molecule has 5 heteroatoms. The normalized spacial score (nSPS) is 11.1. The molecule has 5 rings (SSSR count). The smallest absolute Gasteiger partial charge is 0.262 e. The summed E-state index contributed by atoms with van der Waals surface area (Å²) in [4.78, 5) is 13.0. The van der Waals surface area contributed by atoms with Crippen LogP contribution in [-0.4, -0.2) is 10.5 Å². The highest BCUT2D eigenvalue weighted by Gasteiger charge is 2.20. The van der Waals surface area contributed by atoms with E-state index in [-0.39, 0.29) is 5.57 Å². The number of rotatable bonds is 7. The monoisotopic (exact) mass is 513 g/mol. The molecule has 38 heavy (non-hydrogen) atoms. The van der Waals surface area contributed by atoms with Crippen molar-refractivity contribution in [2.24, 2.45) is 0 Å². The minimum atomic E-state index is -0.420. The van der Waals surface area contributed by atoms with E-state index in [1.807, 2.05) is 121 Å². The first kappa shape index (κ1) is 24.8. The maximum absolute atomic E-state index is 13.0. The number of amides is 1. The van der Waals surface area contributed by atoms with Crippen molar-refractivity contribution in [1.82, 2.24) is 9.88 Å². The Bertz CT molecular complexity index is 1620. The molecular weight excluding hydrogens is 490 g/mol. The summed E-state index contributed by atoms with van der Waals surface area (Å²) in [6.07, 6.45) is 1.67. The summed E-state index contributed by atoms with van der Waals surface area (Å²) >= 11 is 6.22. The number of hydrogen-bond donors (Lipinski definition) is 1. The number of nitrogens with one attached hydrogen (secondary N) is 1. The molecule has 0 radical (unpaired) electrons. The lowest BCUT2D eigenvalue weighted by atomic mass is 10.0. The zero-order chi connectivity index (χ0) is 26.3. The average molecular weight is 514 g/mol.